The zero-order chi connectivity index (χ0) is 20.0. The molecule has 140 valence electrons. The van der Waals surface area contributed by atoms with E-state index in [1.54, 1.807) is 27.1 Å². The van der Waals surface area contributed by atoms with Crippen LogP contribution in [-0.4, -0.2) is 35.4 Å². The third-order valence-electron chi connectivity index (χ3n) is 3.72. The Hall–Kier alpha value is -3.33. The summed E-state index contributed by atoms with van der Waals surface area (Å²) in [5, 5.41) is 19.7. The monoisotopic (exact) mass is 381 g/mol. The number of aromatic nitrogens is 2. The second kappa shape index (κ2) is 8.86. The average Bonchev–Trinajstić information content (AvgIpc) is 3.07. The number of nitrogens with one attached hydrogen (secondary N) is 2. The van der Waals surface area contributed by atoms with Crippen LogP contribution < -0.4 is 11.5 Å². The maximum absolute atomic E-state index is 7.78. The Bertz CT molecular complexity index is 934. The van der Waals surface area contributed by atoms with Gasteiger partial charge in [-0.3, -0.25) is 10.4 Å². The van der Waals surface area contributed by atoms with Gasteiger partial charge in [0.2, 0.25) is 0 Å². The van der Waals surface area contributed by atoms with E-state index >= 15 is 0 Å². The zero-order valence-corrected chi connectivity index (χ0v) is 16.1. The molecule has 0 radical (unpaired) electrons. The molecule has 27 heavy (non-hydrogen) atoms. The lowest BCUT2D eigenvalue weighted by Gasteiger charge is -2.17. The van der Waals surface area contributed by atoms with Gasteiger partial charge in [0.25, 0.3) is 0 Å². The zero-order valence-electron chi connectivity index (χ0n) is 15.3. The van der Waals surface area contributed by atoms with Crippen LogP contribution in [0, 0.1) is 10.8 Å². The Morgan fingerprint density at radius 3 is 2.52 bits per heavy atom. The first-order chi connectivity index (χ1) is 12.9. The van der Waals surface area contributed by atoms with E-state index in [0.29, 0.717) is 43.8 Å². The summed E-state index contributed by atoms with van der Waals surface area (Å²) in [6, 6.07) is 5.54. The molecule has 0 fully saturated rings. The molecule has 2 aromatic heterocycles. The minimum Gasteiger partial charge on any atom is -0.690 e. The van der Waals surface area contributed by atoms with E-state index in [-0.39, 0.29) is 5.84 Å². The van der Waals surface area contributed by atoms with E-state index < -0.39 is 0 Å². The second-order valence-electron chi connectivity index (χ2n) is 5.48. The van der Waals surface area contributed by atoms with Crippen LogP contribution in [0.5, 0.6) is 0 Å². The molecule has 0 unspecified atom stereocenters. The molecule has 6 N–H and O–H groups in total. The smallest absolute Gasteiger partial charge is 0.144 e. The standard InChI is InChI=1S/C18H21N8S/c1-10(21)14(13-6-4-5-7-24-13)18-26-15(12(8-19)11(2)23-3)16(27-18)17(22)25-9-20/h4-9,19H,21H2,1-3H3,(H3,20,22,25)/q-1/b12-11+,14-10?,19-8?. The van der Waals surface area contributed by atoms with Crippen LogP contribution in [0.1, 0.15) is 35.1 Å². The van der Waals surface area contributed by atoms with Crippen molar-refractivity contribution in [3.8, 4) is 0 Å². The molecular weight excluding hydrogens is 360 g/mol. The Morgan fingerprint density at radius 2 is 2.00 bits per heavy atom. The molecule has 0 bridgehead atoms. The van der Waals surface area contributed by atoms with E-state index in [0.717, 1.165) is 6.34 Å². The predicted octanol–water partition coefficient (Wildman–Crippen LogP) is 2.97. The SMILES string of the molecule is C[N-]/C(C)=C(\C=N)c1nc(C(=C(C)N)c2ccccn2)sc1C(N)=NC=N. The first kappa shape index (κ1) is 20.0. The molecule has 0 aliphatic rings. The van der Waals surface area contributed by atoms with Crippen LogP contribution in [0.25, 0.3) is 16.5 Å². The van der Waals surface area contributed by atoms with Crippen molar-refractivity contribution >= 4 is 40.9 Å². The third-order valence-corrected chi connectivity index (χ3v) is 4.81. The van der Waals surface area contributed by atoms with E-state index in [9.17, 15) is 0 Å². The summed E-state index contributed by atoms with van der Waals surface area (Å²) in [5.41, 5.74) is 15.7. The first-order valence-corrected chi connectivity index (χ1v) is 8.79. The van der Waals surface area contributed by atoms with Crippen LogP contribution in [-0.2, 0) is 0 Å². The van der Waals surface area contributed by atoms with Crippen molar-refractivity contribution in [2.24, 2.45) is 16.5 Å². The van der Waals surface area contributed by atoms with Crippen molar-refractivity contribution in [2.45, 2.75) is 13.8 Å². The largest absolute Gasteiger partial charge is 0.690 e. The Kier molecular flexibility index (Phi) is 6.56. The number of amidine groups is 1. The van der Waals surface area contributed by atoms with Crippen molar-refractivity contribution in [1.29, 1.82) is 10.8 Å². The molecule has 2 heterocycles. The number of pyridine rings is 1. The molecule has 0 atom stereocenters. The summed E-state index contributed by atoms with van der Waals surface area (Å²) in [6.45, 7) is 3.57. The molecule has 0 aliphatic carbocycles. The van der Waals surface area contributed by atoms with Crippen LogP contribution in [0.4, 0.5) is 0 Å². The van der Waals surface area contributed by atoms with Gasteiger partial charge in [-0.15, -0.1) is 18.4 Å². The fraction of sp³-hybridized carbons (Fsp3) is 0.167. The summed E-state index contributed by atoms with van der Waals surface area (Å²) in [6.07, 6.45) is 3.73. The molecule has 0 saturated carbocycles. The summed E-state index contributed by atoms with van der Waals surface area (Å²) >= 11 is 1.28. The number of hydrogen-bond acceptors (Lipinski definition) is 6. The second-order valence-corrected chi connectivity index (χ2v) is 6.48. The molecule has 0 amide bonds. The van der Waals surface area contributed by atoms with Gasteiger partial charge < -0.3 is 22.2 Å². The first-order valence-electron chi connectivity index (χ1n) is 7.97. The van der Waals surface area contributed by atoms with Gasteiger partial charge in [-0.2, -0.15) is 5.70 Å². The number of thiazole rings is 1. The number of hydrogen-bond donors (Lipinski definition) is 4. The predicted molar refractivity (Wildman–Crippen MR) is 112 cm³/mol. The molecule has 0 saturated heterocycles. The number of nitrogens with two attached hydrogens (primary N) is 2. The summed E-state index contributed by atoms with van der Waals surface area (Å²) in [4.78, 5) is 13.5. The van der Waals surface area contributed by atoms with Crippen molar-refractivity contribution in [3.05, 3.63) is 62.4 Å². The lowest BCUT2D eigenvalue weighted by molar-refractivity contribution is 1.21. The molecule has 2 aromatic rings. The van der Waals surface area contributed by atoms with E-state index in [1.807, 2.05) is 18.2 Å². The Morgan fingerprint density at radius 1 is 1.26 bits per heavy atom. The van der Waals surface area contributed by atoms with Gasteiger partial charge in [0, 0.05) is 23.7 Å². The highest BCUT2D eigenvalue weighted by Crippen LogP contribution is 2.33. The lowest BCUT2D eigenvalue weighted by Crippen LogP contribution is -2.14. The fourth-order valence-electron chi connectivity index (χ4n) is 2.37. The van der Waals surface area contributed by atoms with Gasteiger partial charge in [-0.25, -0.2) is 9.98 Å². The third kappa shape index (κ3) is 4.26. The topological polar surface area (TPSA) is 152 Å². The van der Waals surface area contributed by atoms with E-state index in [1.165, 1.54) is 17.6 Å². The van der Waals surface area contributed by atoms with Crippen molar-refractivity contribution in [1.82, 2.24) is 9.97 Å². The van der Waals surface area contributed by atoms with Crippen LogP contribution in [0.3, 0.4) is 0 Å². The van der Waals surface area contributed by atoms with Gasteiger partial charge in [-0.05, 0) is 19.1 Å². The number of rotatable bonds is 7. The molecule has 0 aliphatic heterocycles. The quantitative estimate of drug-likeness (QED) is 0.430. The minimum atomic E-state index is 0.141. The molecule has 9 heteroatoms. The van der Waals surface area contributed by atoms with E-state index in [2.05, 4.69) is 20.3 Å². The maximum atomic E-state index is 7.78. The van der Waals surface area contributed by atoms with Gasteiger partial charge >= 0.3 is 0 Å². The number of aliphatic imine (C=N–C) groups is 1. The highest BCUT2D eigenvalue weighted by Gasteiger charge is 2.21. The van der Waals surface area contributed by atoms with Gasteiger partial charge in [0.1, 0.15) is 17.2 Å². The Balaban J connectivity index is 2.79. The highest BCUT2D eigenvalue weighted by atomic mass is 32.1. The summed E-state index contributed by atoms with van der Waals surface area (Å²) in [5.74, 6) is 0.141. The average molecular weight is 381 g/mol. The molecular formula is C18H21N8S-. The molecule has 0 spiro atoms. The van der Waals surface area contributed by atoms with Crippen LogP contribution in [0.15, 0.2) is 40.8 Å². The van der Waals surface area contributed by atoms with Crippen molar-refractivity contribution < 1.29 is 0 Å². The summed E-state index contributed by atoms with van der Waals surface area (Å²) < 4.78 is 0. The maximum Gasteiger partial charge on any atom is 0.144 e. The molecule has 8 nitrogen and oxygen atoms in total. The van der Waals surface area contributed by atoms with Gasteiger partial charge in [-0.1, -0.05) is 13.0 Å². The fourth-order valence-corrected chi connectivity index (χ4v) is 3.47. The molecule has 0 aromatic carbocycles. The summed E-state index contributed by atoms with van der Waals surface area (Å²) in [7, 11) is 1.64. The van der Waals surface area contributed by atoms with Crippen LogP contribution >= 0.6 is 11.3 Å². The minimum absolute atomic E-state index is 0.141. The van der Waals surface area contributed by atoms with Crippen LogP contribution in [0.2, 0.25) is 0 Å². The normalized spacial score (nSPS) is 13.5. The van der Waals surface area contributed by atoms with E-state index in [4.69, 9.17) is 22.3 Å². The van der Waals surface area contributed by atoms with Gasteiger partial charge in [0.05, 0.1) is 21.8 Å². The van der Waals surface area contributed by atoms with Crippen molar-refractivity contribution in [3.63, 3.8) is 0 Å². The Labute approximate surface area is 161 Å². The number of nitrogens with zero attached hydrogens (tertiary/aromatic N) is 4. The number of allylic oxidation sites excluding steroid dienone is 3. The highest BCUT2D eigenvalue weighted by molar-refractivity contribution is 7.15. The lowest BCUT2D eigenvalue weighted by atomic mass is 10.1. The molecule has 2 rings (SSSR count). The van der Waals surface area contributed by atoms with Crippen molar-refractivity contribution in [2.75, 3.05) is 7.05 Å². The van der Waals surface area contributed by atoms with Gasteiger partial charge in [0.15, 0.2) is 0 Å².